The van der Waals surface area contributed by atoms with Crippen LogP contribution in [0.4, 0.5) is 11.4 Å². The fourth-order valence-electron chi connectivity index (χ4n) is 2.59. The molecule has 0 bridgehead atoms. The fraction of sp³-hybridized carbons (Fsp3) is 0.176. The standard InChI is InChI=1S/C17H15IN2O5S/c1-25-15-7-6-13(10-14(15)20-16(21)8-9-17(20)22)26(23,24)19-12-4-2-11(18)3-5-12/h2-7,10,19H,8-9H2,1H3. The molecule has 0 aromatic heterocycles. The van der Waals surface area contributed by atoms with Gasteiger partial charge in [0.1, 0.15) is 5.75 Å². The van der Waals surface area contributed by atoms with Gasteiger partial charge in [0.25, 0.3) is 10.0 Å². The van der Waals surface area contributed by atoms with E-state index in [1.807, 2.05) is 0 Å². The predicted molar refractivity (Wildman–Crippen MR) is 105 cm³/mol. The molecule has 1 N–H and O–H groups in total. The molecule has 0 aliphatic carbocycles. The second-order valence-corrected chi connectivity index (χ2v) is 8.50. The number of imide groups is 1. The number of hydrogen-bond donors (Lipinski definition) is 1. The normalized spacial score (nSPS) is 14.6. The van der Waals surface area contributed by atoms with E-state index in [9.17, 15) is 18.0 Å². The van der Waals surface area contributed by atoms with E-state index in [0.717, 1.165) is 8.47 Å². The summed E-state index contributed by atoms with van der Waals surface area (Å²) in [5.74, 6) is -0.510. The summed E-state index contributed by atoms with van der Waals surface area (Å²) >= 11 is 2.12. The number of nitrogens with one attached hydrogen (secondary N) is 1. The second-order valence-electron chi connectivity index (χ2n) is 5.57. The first-order chi connectivity index (χ1) is 12.3. The Labute approximate surface area is 164 Å². The van der Waals surface area contributed by atoms with Gasteiger partial charge in [0.2, 0.25) is 11.8 Å². The number of methoxy groups -OCH3 is 1. The zero-order chi connectivity index (χ0) is 18.9. The minimum atomic E-state index is -3.90. The van der Waals surface area contributed by atoms with E-state index in [1.165, 1.54) is 25.3 Å². The number of carbonyl (C=O) groups is 2. The Morgan fingerprint density at radius 3 is 2.23 bits per heavy atom. The smallest absolute Gasteiger partial charge is 0.261 e. The maximum absolute atomic E-state index is 12.7. The first kappa shape index (κ1) is 18.6. The van der Waals surface area contributed by atoms with Crippen LogP contribution >= 0.6 is 22.6 Å². The van der Waals surface area contributed by atoms with Gasteiger partial charge in [-0.3, -0.25) is 14.3 Å². The van der Waals surface area contributed by atoms with Crippen LogP contribution in [0.15, 0.2) is 47.4 Å². The Kier molecular flexibility index (Phi) is 5.19. The van der Waals surface area contributed by atoms with Crippen LogP contribution in [-0.4, -0.2) is 27.3 Å². The molecule has 1 saturated heterocycles. The van der Waals surface area contributed by atoms with E-state index in [1.54, 1.807) is 24.3 Å². The summed E-state index contributed by atoms with van der Waals surface area (Å²) < 4.78 is 34.0. The Hall–Kier alpha value is -2.14. The molecule has 136 valence electrons. The van der Waals surface area contributed by atoms with Crippen molar-refractivity contribution in [1.29, 1.82) is 0 Å². The van der Waals surface area contributed by atoms with Crippen molar-refractivity contribution in [2.24, 2.45) is 0 Å². The number of ether oxygens (including phenoxy) is 1. The summed E-state index contributed by atoms with van der Waals surface area (Å²) in [7, 11) is -2.50. The average molecular weight is 486 g/mol. The van der Waals surface area contributed by atoms with Gasteiger partial charge in [-0.05, 0) is 65.1 Å². The maximum Gasteiger partial charge on any atom is 0.261 e. The molecule has 0 atom stereocenters. The van der Waals surface area contributed by atoms with Crippen LogP contribution in [0.25, 0.3) is 0 Å². The fourth-order valence-corrected chi connectivity index (χ4v) is 4.03. The molecule has 1 aliphatic rings. The number of anilines is 2. The topological polar surface area (TPSA) is 92.8 Å². The molecule has 0 radical (unpaired) electrons. The lowest BCUT2D eigenvalue weighted by atomic mass is 10.2. The Morgan fingerprint density at radius 2 is 1.65 bits per heavy atom. The van der Waals surface area contributed by atoms with Gasteiger partial charge in [0, 0.05) is 22.1 Å². The molecule has 9 heteroatoms. The van der Waals surface area contributed by atoms with E-state index in [4.69, 9.17) is 4.74 Å². The first-order valence-corrected chi connectivity index (χ1v) is 10.2. The molecule has 0 spiro atoms. The van der Waals surface area contributed by atoms with Gasteiger partial charge >= 0.3 is 0 Å². The molecule has 26 heavy (non-hydrogen) atoms. The number of carbonyl (C=O) groups excluding carboxylic acids is 2. The van der Waals surface area contributed by atoms with Crippen molar-refractivity contribution in [3.05, 3.63) is 46.0 Å². The molecule has 2 amide bonds. The predicted octanol–water partition coefficient (Wildman–Crippen LogP) is 2.75. The highest BCUT2D eigenvalue weighted by molar-refractivity contribution is 14.1. The van der Waals surface area contributed by atoms with Crippen molar-refractivity contribution in [3.8, 4) is 5.75 Å². The SMILES string of the molecule is COc1ccc(S(=O)(=O)Nc2ccc(I)cc2)cc1N1C(=O)CCC1=O. The molecule has 1 fully saturated rings. The number of halogens is 1. The van der Waals surface area contributed by atoms with Crippen molar-refractivity contribution in [2.75, 3.05) is 16.7 Å². The van der Waals surface area contributed by atoms with Gasteiger partial charge in [-0.25, -0.2) is 13.3 Å². The number of nitrogens with zero attached hydrogens (tertiary/aromatic N) is 1. The molecule has 3 rings (SSSR count). The van der Waals surface area contributed by atoms with E-state index < -0.39 is 10.0 Å². The van der Waals surface area contributed by atoms with Crippen LogP contribution in [0.1, 0.15) is 12.8 Å². The lowest BCUT2D eigenvalue weighted by molar-refractivity contribution is -0.121. The molecular formula is C17H15IN2O5S. The largest absolute Gasteiger partial charge is 0.495 e. The van der Waals surface area contributed by atoms with Crippen molar-refractivity contribution in [3.63, 3.8) is 0 Å². The van der Waals surface area contributed by atoms with E-state index in [0.29, 0.717) is 5.69 Å². The van der Waals surface area contributed by atoms with Gasteiger partial charge in [0.05, 0.1) is 17.7 Å². The zero-order valence-electron chi connectivity index (χ0n) is 13.7. The third-order valence-electron chi connectivity index (χ3n) is 3.85. The quantitative estimate of drug-likeness (QED) is 0.519. The Morgan fingerprint density at radius 1 is 1.04 bits per heavy atom. The Bertz CT molecular complexity index is 957. The molecule has 2 aromatic carbocycles. The molecule has 1 heterocycles. The van der Waals surface area contributed by atoms with E-state index in [-0.39, 0.29) is 41.0 Å². The monoisotopic (exact) mass is 486 g/mol. The van der Waals surface area contributed by atoms with E-state index in [2.05, 4.69) is 27.3 Å². The van der Waals surface area contributed by atoms with Crippen LogP contribution in [0.2, 0.25) is 0 Å². The second kappa shape index (κ2) is 7.23. The van der Waals surface area contributed by atoms with Crippen molar-refractivity contribution < 1.29 is 22.7 Å². The van der Waals surface area contributed by atoms with Gasteiger partial charge in [-0.1, -0.05) is 0 Å². The number of benzene rings is 2. The molecule has 0 saturated carbocycles. The van der Waals surface area contributed by atoms with Crippen LogP contribution < -0.4 is 14.4 Å². The van der Waals surface area contributed by atoms with Crippen LogP contribution in [0.3, 0.4) is 0 Å². The molecule has 7 nitrogen and oxygen atoms in total. The summed E-state index contributed by atoms with van der Waals surface area (Å²) in [5.41, 5.74) is 0.543. The number of hydrogen-bond acceptors (Lipinski definition) is 5. The highest BCUT2D eigenvalue weighted by atomic mass is 127. The highest BCUT2D eigenvalue weighted by Crippen LogP contribution is 2.34. The highest BCUT2D eigenvalue weighted by Gasteiger charge is 2.33. The summed E-state index contributed by atoms with van der Waals surface area (Å²) in [5, 5.41) is 0. The number of amides is 2. The zero-order valence-corrected chi connectivity index (χ0v) is 16.7. The van der Waals surface area contributed by atoms with Crippen LogP contribution in [0, 0.1) is 3.57 Å². The maximum atomic E-state index is 12.7. The molecular weight excluding hydrogens is 471 g/mol. The lowest BCUT2D eigenvalue weighted by Gasteiger charge is -2.18. The van der Waals surface area contributed by atoms with Crippen LogP contribution in [0.5, 0.6) is 5.75 Å². The van der Waals surface area contributed by atoms with Crippen molar-refractivity contribution in [2.45, 2.75) is 17.7 Å². The summed E-state index contributed by atoms with van der Waals surface area (Å²) in [4.78, 5) is 24.9. The molecule has 1 aliphatic heterocycles. The third kappa shape index (κ3) is 3.68. The number of sulfonamides is 1. The summed E-state index contributed by atoms with van der Waals surface area (Å²) in [6.07, 6.45) is 0.194. The van der Waals surface area contributed by atoms with Crippen molar-refractivity contribution >= 4 is 55.8 Å². The van der Waals surface area contributed by atoms with Gasteiger partial charge in [-0.15, -0.1) is 0 Å². The Balaban J connectivity index is 2.00. The minimum absolute atomic E-state index is 0.0700. The molecule has 2 aromatic rings. The molecule has 0 unspecified atom stereocenters. The summed E-state index contributed by atoms with van der Waals surface area (Å²) in [6, 6.07) is 10.9. The third-order valence-corrected chi connectivity index (χ3v) is 5.95. The van der Waals surface area contributed by atoms with Crippen molar-refractivity contribution in [1.82, 2.24) is 0 Å². The van der Waals surface area contributed by atoms with Gasteiger partial charge in [-0.2, -0.15) is 0 Å². The number of rotatable bonds is 5. The van der Waals surface area contributed by atoms with Gasteiger partial charge < -0.3 is 4.74 Å². The van der Waals surface area contributed by atoms with Crippen LogP contribution in [-0.2, 0) is 19.6 Å². The van der Waals surface area contributed by atoms with E-state index >= 15 is 0 Å². The van der Waals surface area contributed by atoms with Gasteiger partial charge in [0.15, 0.2) is 0 Å². The first-order valence-electron chi connectivity index (χ1n) is 7.64. The minimum Gasteiger partial charge on any atom is -0.495 e. The lowest BCUT2D eigenvalue weighted by Crippen LogP contribution is -2.29. The average Bonchev–Trinajstić information content (AvgIpc) is 2.94. The summed E-state index contributed by atoms with van der Waals surface area (Å²) in [6.45, 7) is 0.